The summed E-state index contributed by atoms with van der Waals surface area (Å²) in [7, 11) is 0. The molecule has 5 rings (SSSR count). The van der Waals surface area contributed by atoms with Crippen molar-refractivity contribution in [3.05, 3.63) is 68.8 Å². The standard InChI is InChI=1S/C32H32Cl4I4N2O5/c1-7-41(8-2,9-3)46-29-17(37)13-15-27(25(29)39)44-28-16(14-18(38)30(26(28)40)47-42(10-4,11-5)12-6)32(15)20-19(31(43)45-32)21(33)23(35)24(36)22(20)34/h13-14H,7-12H2,1-6H3/q+2. The minimum absolute atomic E-state index is 0.0139. The van der Waals surface area contributed by atoms with Gasteiger partial charge in [0.1, 0.15) is 46.4 Å². The van der Waals surface area contributed by atoms with Gasteiger partial charge in [-0.25, -0.2) is 4.79 Å². The summed E-state index contributed by atoms with van der Waals surface area (Å²) < 4.78 is 17.3. The number of ether oxygens (including phenoxy) is 2. The number of hydrogen-bond acceptors (Lipinski definition) is 5. The van der Waals surface area contributed by atoms with Gasteiger partial charge in [-0.2, -0.15) is 0 Å². The van der Waals surface area contributed by atoms with Crippen molar-refractivity contribution in [2.75, 3.05) is 39.3 Å². The van der Waals surface area contributed by atoms with Gasteiger partial charge in [-0.15, -0.1) is 9.29 Å². The molecular weight excluding hydrogens is 1140 g/mol. The summed E-state index contributed by atoms with van der Waals surface area (Å²) in [5.41, 5.74) is -0.0507. The molecule has 0 radical (unpaired) electrons. The van der Waals surface area contributed by atoms with Crippen LogP contribution in [-0.4, -0.2) is 54.5 Å². The van der Waals surface area contributed by atoms with Crippen molar-refractivity contribution in [3.8, 4) is 23.0 Å². The molecule has 2 aliphatic rings. The molecule has 0 atom stereocenters. The van der Waals surface area contributed by atoms with Crippen LogP contribution in [0.2, 0.25) is 20.1 Å². The molecule has 0 N–H and O–H groups in total. The normalized spacial score (nSPS) is 14.8. The Balaban J connectivity index is 1.91. The molecule has 3 aromatic carbocycles. The van der Waals surface area contributed by atoms with Gasteiger partial charge in [0, 0.05) is 5.56 Å². The smallest absolute Gasteiger partial charge is 0.341 e. The first-order valence-electron chi connectivity index (χ1n) is 15.1. The molecule has 0 aliphatic carbocycles. The summed E-state index contributed by atoms with van der Waals surface area (Å²) in [6, 6.07) is 3.86. The van der Waals surface area contributed by atoms with Crippen LogP contribution in [0.1, 0.15) is 68.6 Å². The molecule has 0 fully saturated rings. The fourth-order valence-corrected chi connectivity index (χ4v) is 11.2. The van der Waals surface area contributed by atoms with E-state index in [0.29, 0.717) is 49.0 Å². The molecule has 0 bridgehead atoms. The van der Waals surface area contributed by atoms with Crippen molar-refractivity contribution < 1.29 is 33.2 Å². The number of nitrogens with zero attached hydrogens (tertiary/aromatic N) is 2. The molecule has 0 amide bonds. The quantitative estimate of drug-likeness (QED) is 0.0506. The third-order valence-electron chi connectivity index (χ3n) is 9.32. The fourth-order valence-electron chi connectivity index (χ4n) is 6.20. The number of halogens is 8. The second-order valence-electron chi connectivity index (χ2n) is 11.1. The maximum absolute atomic E-state index is 13.9. The van der Waals surface area contributed by atoms with Crippen LogP contribution in [0.25, 0.3) is 0 Å². The van der Waals surface area contributed by atoms with Gasteiger partial charge in [0.15, 0.2) is 17.1 Å². The molecule has 7 nitrogen and oxygen atoms in total. The van der Waals surface area contributed by atoms with Crippen LogP contribution in [-0.2, 0) is 10.3 Å². The highest BCUT2D eigenvalue weighted by molar-refractivity contribution is 14.1. The zero-order valence-electron chi connectivity index (χ0n) is 26.4. The topological polar surface area (TPSA) is 54.0 Å². The van der Waals surface area contributed by atoms with Crippen LogP contribution in [0.3, 0.4) is 0 Å². The van der Waals surface area contributed by atoms with E-state index >= 15 is 0 Å². The monoisotopic (exact) mass is 1170 g/mol. The molecule has 1 spiro atoms. The SMILES string of the molecule is CC[N+](CC)(CC)Oc1c(I)cc2c(c1I)Oc1c(cc(I)c(O[N+](CC)(CC)CC)c1I)C21OC(=O)c2c(Cl)c(Cl)c(Cl)c(Cl)c21. The Kier molecular flexibility index (Phi) is 12.0. The maximum atomic E-state index is 13.9. The number of benzene rings is 3. The lowest BCUT2D eigenvalue weighted by Crippen LogP contribution is -2.50. The number of esters is 1. The van der Waals surface area contributed by atoms with Crippen molar-refractivity contribution in [2.24, 2.45) is 0 Å². The van der Waals surface area contributed by atoms with Crippen LogP contribution in [0, 0.1) is 14.3 Å². The lowest BCUT2D eigenvalue weighted by atomic mass is 9.77. The molecule has 2 heterocycles. The first-order chi connectivity index (χ1) is 22.2. The first-order valence-corrected chi connectivity index (χ1v) is 20.9. The highest BCUT2D eigenvalue weighted by Crippen LogP contribution is 2.63. The molecule has 2 aliphatic heterocycles. The number of quaternary nitrogens is 2. The second-order valence-corrected chi connectivity index (χ2v) is 17.1. The number of carbonyl (C=O) groups is 1. The van der Waals surface area contributed by atoms with Crippen LogP contribution < -0.4 is 14.4 Å². The Morgan fingerprint density at radius 3 is 1.43 bits per heavy atom. The van der Waals surface area contributed by atoms with E-state index in [0.717, 1.165) is 53.5 Å². The van der Waals surface area contributed by atoms with Gasteiger partial charge in [-0.05, 0) is 144 Å². The molecule has 0 aromatic heterocycles. The Hall–Kier alpha value is 0.530. The van der Waals surface area contributed by atoms with Crippen molar-refractivity contribution in [2.45, 2.75) is 47.1 Å². The minimum atomic E-state index is -1.57. The van der Waals surface area contributed by atoms with Crippen molar-refractivity contribution in [1.29, 1.82) is 0 Å². The summed E-state index contributed by atoms with van der Waals surface area (Å²) in [6.07, 6.45) is 0. The van der Waals surface area contributed by atoms with E-state index in [1.54, 1.807) is 0 Å². The lowest BCUT2D eigenvalue weighted by Gasteiger charge is -2.40. The van der Waals surface area contributed by atoms with Crippen molar-refractivity contribution in [3.63, 3.8) is 0 Å². The summed E-state index contributed by atoms with van der Waals surface area (Å²) in [4.78, 5) is 27.5. The van der Waals surface area contributed by atoms with E-state index in [-0.39, 0.29) is 25.7 Å². The third-order valence-corrected chi connectivity index (χ3v) is 14.7. The fraction of sp³-hybridized carbons (Fsp3) is 0.406. The maximum Gasteiger partial charge on any atom is 0.341 e. The van der Waals surface area contributed by atoms with E-state index in [1.807, 2.05) is 12.1 Å². The van der Waals surface area contributed by atoms with Gasteiger partial charge in [0.2, 0.25) is 11.5 Å². The summed E-state index contributed by atoms with van der Waals surface area (Å²) in [5, 5.41) is 0.0756. The van der Waals surface area contributed by atoms with Crippen LogP contribution in [0.15, 0.2) is 12.1 Å². The second kappa shape index (κ2) is 14.5. The lowest BCUT2D eigenvalue weighted by molar-refractivity contribution is -1.07. The molecule has 0 saturated heterocycles. The Labute approximate surface area is 349 Å². The highest BCUT2D eigenvalue weighted by atomic mass is 127. The number of rotatable bonds is 10. The summed E-state index contributed by atoms with van der Waals surface area (Å²) in [6.45, 7) is 17.3. The minimum Gasteiger partial charge on any atom is -0.454 e. The van der Waals surface area contributed by atoms with E-state index in [1.165, 1.54) is 0 Å². The van der Waals surface area contributed by atoms with Crippen molar-refractivity contribution >= 4 is 143 Å². The average molecular weight is 1170 g/mol. The van der Waals surface area contributed by atoms with Crippen LogP contribution in [0.4, 0.5) is 0 Å². The van der Waals surface area contributed by atoms with E-state index in [9.17, 15) is 4.79 Å². The average Bonchev–Trinajstić information content (AvgIpc) is 3.38. The summed E-state index contributed by atoms with van der Waals surface area (Å²) in [5.74, 6) is 1.62. The van der Waals surface area contributed by atoms with Crippen LogP contribution >= 0.6 is 137 Å². The number of carbonyl (C=O) groups excluding carboxylic acids is 1. The predicted octanol–water partition coefficient (Wildman–Crippen LogP) is 11.6. The van der Waals surface area contributed by atoms with Gasteiger partial charge in [-0.3, -0.25) is 0 Å². The molecule has 15 heteroatoms. The van der Waals surface area contributed by atoms with Gasteiger partial charge in [-0.1, -0.05) is 46.4 Å². The molecule has 47 heavy (non-hydrogen) atoms. The van der Waals surface area contributed by atoms with Crippen LogP contribution in [0.5, 0.6) is 23.0 Å². The summed E-state index contributed by atoms with van der Waals surface area (Å²) >= 11 is 36.0. The molecule has 0 saturated carbocycles. The molecule has 0 unspecified atom stereocenters. The first kappa shape index (κ1) is 38.8. The van der Waals surface area contributed by atoms with Gasteiger partial charge in [0.05, 0.1) is 43.9 Å². The molecular formula is C32H32Cl4I4N2O5+2. The largest absolute Gasteiger partial charge is 0.454 e. The Morgan fingerprint density at radius 1 is 0.660 bits per heavy atom. The van der Waals surface area contributed by atoms with E-state index in [2.05, 4.69) is 132 Å². The zero-order valence-corrected chi connectivity index (χ0v) is 38.0. The number of hydrogen-bond donors (Lipinski definition) is 0. The van der Waals surface area contributed by atoms with Crippen molar-refractivity contribution in [1.82, 2.24) is 0 Å². The number of fused-ring (bicyclic) bond motifs is 6. The van der Waals surface area contributed by atoms with E-state index in [4.69, 9.17) is 65.6 Å². The van der Waals surface area contributed by atoms with E-state index < -0.39 is 11.6 Å². The Morgan fingerprint density at radius 2 is 1.04 bits per heavy atom. The van der Waals surface area contributed by atoms with Gasteiger partial charge >= 0.3 is 5.97 Å². The number of hydroxylamine groups is 6. The van der Waals surface area contributed by atoms with Gasteiger partial charge < -0.3 is 19.1 Å². The molecule has 254 valence electrons. The zero-order chi connectivity index (χ0) is 34.8. The Bertz CT molecular complexity index is 1700. The van der Waals surface area contributed by atoms with Gasteiger partial charge in [0.25, 0.3) is 0 Å². The predicted molar refractivity (Wildman–Crippen MR) is 221 cm³/mol. The third kappa shape index (κ3) is 6.05. The highest BCUT2D eigenvalue weighted by Gasteiger charge is 2.58. The molecule has 3 aromatic rings.